The van der Waals surface area contributed by atoms with E-state index in [-0.39, 0.29) is 11.8 Å². The standard InChI is InChI=1S/C20H20N4O/c1-14-7-5-6-10-16(14)17-11-18(17)20(25)21-12-19-23-22-13-24(19)15-8-3-2-4-9-15/h2-10,13,17-18H,11-12H2,1H3,(H,21,25)/t17-,18+/m0/s1. The van der Waals surface area contributed by atoms with Gasteiger partial charge in [0.15, 0.2) is 5.82 Å². The highest BCUT2D eigenvalue weighted by molar-refractivity contribution is 5.82. The molecule has 0 saturated heterocycles. The molecule has 1 heterocycles. The van der Waals surface area contributed by atoms with Gasteiger partial charge in [-0.2, -0.15) is 0 Å². The van der Waals surface area contributed by atoms with Crippen LogP contribution in [0.1, 0.15) is 29.3 Å². The summed E-state index contributed by atoms with van der Waals surface area (Å²) in [4.78, 5) is 12.5. The lowest BCUT2D eigenvalue weighted by Crippen LogP contribution is -2.26. The molecule has 25 heavy (non-hydrogen) atoms. The molecule has 1 amide bonds. The largest absolute Gasteiger partial charge is 0.349 e. The number of hydrogen-bond donors (Lipinski definition) is 1. The fraction of sp³-hybridized carbons (Fsp3) is 0.250. The molecule has 0 bridgehead atoms. The Morgan fingerprint density at radius 2 is 1.92 bits per heavy atom. The van der Waals surface area contributed by atoms with Gasteiger partial charge in [-0.1, -0.05) is 42.5 Å². The molecular weight excluding hydrogens is 312 g/mol. The maximum atomic E-state index is 12.5. The van der Waals surface area contributed by atoms with Gasteiger partial charge >= 0.3 is 0 Å². The number of amides is 1. The summed E-state index contributed by atoms with van der Waals surface area (Å²) in [5.74, 6) is 1.23. The van der Waals surface area contributed by atoms with Gasteiger partial charge in [0.25, 0.3) is 0 Å². The van der Waals surface area contributed by atoms with E-state index in [2.05, 4.69) is 34.6 Å². The molecule has 1 saturated carbocycles. The Bertz CT molecular complexity index is 887. The second-order valence-corrected chi connectivity index (χ2v) is 6.48. The van der Waals surface area contributed by atoms with Crippen molar-refractivity contribution < 1.29 is 4.79 Å². The van der Waals surface area contributed by atoms with E-state index < -0.39 is 0 Å². The first kappa shape index (κ1) is 15.6. The molecule has 3 aromatic rings. The summed E-state index contributed by atoms with van der Waals surface area (Å²) in [5, 5.41) is 11.1. The maximum Gasteiger partial charge on any atom is 0.224 e. The van der Waals surface area contributed by atoms with Crippen molar-refractivity contribution in [3.8, 4) is 5.69 Å². The minimum Gasteiger partial charge on any atom is -0.349 e. The van der Waals surface area contributed by atoms with E-state index >= 15 is 0 Å². The molecule has 0 aliphatic heterocycles. The highest BCUT2D eigenvalue weighted by Crippen LogP contribution is 2.48. The van der Waals surface area contributed by atoms with E-state index in [0.29, 0.717) is 12.5 Å². The number of nitrogens with one attached hydrogen (secondary N) is 1. The summed E-state index contributed by atoms with van der Waals surface area (Å²) in [6.45, 7) is 2.48. The predicted molar refractivity (Wildman–Crippen MR) is 95.2 cm³/mol. The Labute approximate surface area is 146 Å². The van der Waals surface area contributed by atoms with Crippen LogP contribution < -0.4 is 5.32 Å². The Hall–Kier alpha value is -2.95. The molecule has 2 aromatic carbocycles. The number of carbonyl (C=O) groups is 1. The van der Waals surface area contributed by atoms with Crippen LogP contribution in [-0.2, 0) is 11.3 Å². The van der Waals surface area contributed by atoms with Crippen molar-refractivity contribution >= 4 is 5.91 Å². The van der Waals surface area contributed by atoms with Gasteiger partial charge in [-0.25, -0.2) is 0 Å². The lowest BCUT2D eigenvalue weighted by atomic mass is 10.0. The highest BCUT2D eigenvalue weighted by Gasteiger charge is 2.44. The molecule has 2 atom stereocenters. The molecule has 1 N–H and O–H groups in total. The molecule has 1 aliphatic rings. The Morgan fingerprint density at radius 1 is 1.16 bits per heavy atom. The monoisotopic (exact) mass is 332 g/mol. The molecule has 1 fully saturated rings. The second-order valence-electron chi connectivity index (χ2n) is 6.48. The van der Waals surface area contributed by atoms with E-state index in [4.69, 9.17) is 0 Å². The van der Waals surface area contributed by atoms with Crippen LogP contribution in [0.15, 0.2) is 60.9 Å². The first-order valence-corrected chi connectivity index (χ1v) is 8.51. The second kappa shape index (κ2) is 6.51. The number of carbonyl (C=O) groups excluding carboxylic acids is 1. The maximum absolute atomic E-state index is 12.5. The first-order valence-electron chi connectivity index (χ1n) is 8.51. The van der Waals surface area contributed by atoms with Crippen LogP contribution in [-0.4, -0.2) is 20.7 Å². The third-order valence-corrected chi connectivity index (χ3v) is 4.79. The van der Waals surface area contributed by atoms with Crippen molar-refractivity contribution in [2.75, 3.05) is 0 Å². The fourth-order valence-corrected chi connectivity index (χ4v) is 3.31. The zero-order chi connectivity index (χ0) is 17.2. The molecule has 5 nitrogen and oxygen atoms in total. The predicted octanol–water partition coefficient (Wildman–Crippen LogP) is 3.00. The zero-order valence-corrected chi connectivity index (χ0v) is 14.1. The third-order valence-electron chi connectivity index (χ3n) is 4.79. The molecule has 1 aliphatic carbocycles. The van der Waals surface area contributed by atoms with E-state index in [1.165, 1.54) is 11.1 Å². The van der Waals surface area contributed by atoms with Crippen molar-refractivity contribution in [1.82, 2.24) is 20.1 Å². The van der Waals surface area contributed by atoms with Crippen molar-refractivity contribution in [2.24, 2.45) is 5.92 Å². The van der Waals surface area contributed by atoms with Gasteiger partial charge in [-0.15, -0.1) is 10.2 Å². The quantitative estimate of drug-likeness (QED) is 0.781. The van der Waals surface area contributed by atoms with Crippen LogP contribution in [0.5, 0.6) is 0 Å². The minimum atomic E-state index is 0.0641. The number of hydrogen-bond acceptors (Lipinski definition) is 3. The molecule has 0 spiro atoms. The van der Waals surface area contributed by atoms with E-state index in [0.717, 1.165) is 17.9 Å². The summed E-state index contributed by atoms with van der Waals surface area (Å²) in [6.07, 6.45) is 2.59. The molecule has 1 aromatic heterocycles. The molecule has 5 heteroatoms. The number of rotatable bonds is 5. The number of nitrogens with zero attached hydrogens (tertiary/aromatic N) is 3. The Kier molecular flexibility index (Phi) is 4.06. The van der Waals surface area contributed by atoms with Crippen molar-refractivity contribution in [1.29, 1.82) is 0 Å². The molecule has 0 unspecified atom stereocenters. The molecule has 0 radical (unpaired) electrons. The summed E-state index contributed by atoms with van der Waals surface area (Å²) >= 11 is 0. The van der Waals surface area contributed by atoms with Crippen LogP contribution in [0.4, 0.5) is 0 Å². The summed E-state index contributed by atoms with van der Waals surface area (Å²) in [6, 6.07) is 18.2. The minimum absolute atomic E-state index is 0.0641. The van der Waals surface area contributed by atoms with Gasteiger partial charge in [-0.3, -0.25) is 9.36 Å². The van der Waals surface area contributed by atoms with Crippen LogP contribution >= 0.6 is 0 Å². The van der Waals surface area contributed by atoms with Crippen molar-refractivity contribution in [2.45, 2.75) is 25.8 Å². The van der Waals surface area contributed by atoms with Crippen molar-refractivity contribution in [3.05, 3.63) is 77.9 Å². The number of aryl methyl sites for hydroxylation is 1. The van der Waals surface area contributed by atoms with E-state index in [9.17, 15) is 4.79 Å². The van der Waals surface area contributed by atoms with Crippen molar-refractivity contribution in [3.63, 3.8) is 0 Å². The van der Waals surface area contributed by atoms with Crippen LogP contribution in [0.25, 0.3) is 5.69 Å². The summed E-state index contributed by atoms with van der Waals surface area (Å²) in [7, 11) is 0. The van der Waals surface area contributed by atoms with Gasteiger partial charge in [0.1, 0.15) is 6.33 Å². The normalized spacial score (nSPS) is 18.8. The van der Waals surface area contributed by atoms with E-state index in [1.807, 2.05) is 47.0 Å². The number of aromatic nitrogens is 3. The smallest absolute Gasteiger partial charge is 0.224 e. The Morgan fingerprint density at radius 3 is 2.72 bits per heavy atom. The molecule has 126 valence electrons. The first-order chi connectivity index (χ1) is 12.2. The van der Waals surface area contributed by atoms with E-state index in [1.54, 1.807) is 6.33 Å². The highest BCUT2D eigenvalue weighted by atomic mass is 16.2. The fourth-order valence-electron chi connectivity index (χ4n) is 3.31. The average Bonchev–Trinajstić information content (AvgIpc) is 3.30. The summed E-state index contributed by atoms with van der Waals surface area (Å²) < 4.78 is 1.89. The van der Waals surface area contributed by atoms with Crippen LogP contribution in [0.3, 0.4) is 0 Å². The van der Waals surface area contributed by atoms with Crippen LogP contribution in [0, 0.1) is 12.8 Å². The van der Waals surface area contributed by atoms with Gasteiger partial charge < -0.3 is 5.32 Å². The van der Waals surface area contributed by atoms with Gasteiger partial charge in [-0.05, 0) is 42.5 Å². The Balaban J connectivity index is 1.40. The van der Waals surface area contributed by atoms with Gasteiger partial charge in [0.05, 0.1) is 6.54 Å². The molecule has 4 rings (SSSR count). The van der Waals surface area contributed by atoms with Gasteiger partial charge in [0.2, 0.25) is 5.91 Å². The van der Waals surface area contributed by atoms with Crippen LogP contribution in [0.2, 0.25) is 0 Å². The molecular formula is C20H20N4O. The van der Waals surface area contributed by atoms with Gasteiger partial charge in [0, 0.05) is 11.6 Å². The number of benzene rings is 2. The average molecular weight is 332 g/mol. The summed E-state index contributed by atoms with van der Waals surface area (Å²) in [5.41, 5.74) is 3.53. The third kappa shape index (κ3) is 3.18. The SMILES string of the molecule is Cc1ccccc1[C@@H]1C[C@H]1C(=O)NCc1nncn1-c1ccccc1. The topological polar surface area (TPSA) is 59.8 Å². The lowest BCUT2D eigenvalue weighted by molar-refractivity contribution is -0.122. The lowest BCUT2D eigenvalue weighted by Gasteiger charge is -2.08. The zero-order valence-electron chi connectivity index (χ0n) is 14.1. The number of para-hydroxylation sites is 1.